The summed E-state index contributed by atoms with van der Waals surface area (Å²) in [6.07, 6.45) is 1.86. The van der Waals surface area contributed by atoms with Crippen LogP contribution in [0.4, 0.5) is 5.69 Å². The van der Waals surface area contributed by atoms with Crippen LogP contribution >= 0.6 is 28.3 Å². The summed E-state index contributed by atoms with van der Waals surface area (Å²) in [7, 11) is 0. The van der Waals surface area contributed by atoms with E-state index in [2.05, 4.69) is 26.6 Å². The van der Waals surface area contributed by atoms with Crippen molar-refractivity contribution in [3.63, 3.8) is 0 Å². The summed E-state index contributed by atoms with van der Waals surface area (Å²) >= 11 is 3.39. The molecule has 0 saturated carbocycles. The van der Waals surface area contributed by atoms with Crippen LogP contribution in [0.25, 0.3) is 0 Å². The van der Waals surface area contributed by atoms with E-state index >= 15 is 0 Å². The third kappa shape index (κ3) is 5.32. The highest BCUT2D eigenvalue weighted by Crippen LogP contribution is 2.22. The number of rotatable bonds is 6. The topological polar surface area (TPSA) is 89.2 Å². The van der Waals surface area contributed by atoms with E-state index in [-0.39, 0.29) is 30.3 Å². The average Bonchev–Trinajstić information content (AvgIpc) is 2.95. The van der Waals surface area contributed by atoms with E-state index in [0.29, 0.717) is 30.0 Å². The van der Waals surface area contributed by atoms with E-state index in [1.165, 1.54) is 0 Å². The Labute approximate surface area is 161 Å². The maximum absolute atomic E-state index is 12.6. The number of benzene rings is 1. The molecule has 1 heterocycles. The molecule has 0 aliphatic rings. The van der Waals surface area contributed by atoms with Gasteiger partial charge in [0.1, 0.15) is 5.69 Å². The molecule has 8 heteroatoms. The number of nitrogens with one attached hydrogen (secondary N) is 2. The van der Waals surface area contributed by atoms with Crippen LogP contribution in [0.1, 0.15) is 40.7 Å². The van der Waals surface area contributed by atoms with Crippen LogP contribution in [0.3, 0.4) is 0 Å². The van der Waals surface area contributed by atoms with Crippen molar-refractivity contribution in [3.05, 3.63) is 52.3 Å². The van der Waals surface area contributed by atoms with Crippen molar-refractivity contribution in [1.29, 1.82) is 0 Å². The molecule has 0 unspecified atom stereocenters. The van der Waals surface area contributed by atoms with Gasteiger partial charge in [-0.3, -0.25) is 9.59 Å². The van der Waals surface area contributed by atoms with Crippen molar-refractivity contribution in [2.75, 3.05) is 18.4 Å². The summed E-state index contributed by atoms with van der Waals surface area (Å²) in [5.41, 5.74) is 6.79. The Morgan fingerprint density at radius 3 is 2.56 bits per heavy atom. The molecule has 1 aromatic heterocycles. The molecule has 2 aromatic rings. The van der Waals surface area contributed by atoms with Gasteiger partial charge in [0.25, 0.3) is 11.8 Å². The zero-order chi connectivity index (χ0) is 17.7. The maximum atomic E-state index is 12.6. The summed E-state index contributed by atoms with van der Waals surface area (Å²) < 4.78 is 2.70. The minimum atomic E-state index is -0.270. The van der Waals surface area contributed by atoms with Crippen LogP contribution in [0.15, 0.2) is 41.0 Å². The van der Waals surface area contributed by atoms with Gasteiger partial charge >= 0.3 is 0 Å². The van der Waals surface area contributed by atoms with Gasteiger partial charge in [-0.1, -0.05) is 12.1 Å². The molecule has 0 radical (unpaired) electrons. The smallest absolute Gasteiger partial charge is 0.272 e. The SMILES string of the molecule is CC(C)n1cc(Br)cc1C(=O)Nc1ccccc1C(=O)NCCN.Cl. The van der Waals surface area contributed by atoms with E-state index < -0.39 is 0 Å². The molecule has 0 aliphatic heterocycles. The molecule has 0 fully saturated rings. The Kier molecular flexibility index (Phi) is 8.15. The van der Waals surface area contributed by atoms with E-state index in [9.17, 15) is 9.59 Å². The van der Waals surface area contributed by atoms with Crippen molar-refractivity contribution in [1.82, 2.24) is 9.88 Å². The second-order valence-corrected chi connectivity index (χ2v) is 6.50. The molecule has 2 rings (SSSR count). The predicted octanol–water partition coefficient (Wildman–Crippen LogP) is 3.19. The zero-order valence-corrected chi connectivity index (χ0v) is 16.5. The number of hydrogen-bond donors (Lipinski definition) is 3. The first-order valence-electron chi connectivity index (χ1n) is 7.70. The predicted molar refractivity (Wildman–Crippen MR) is 106 cm³/mol. The molecule has 2 amide bonds. The average molecular weight is 430 g/mol. The number of anilines is 1. The van der Waals surface area contributed by atoms with Crippen LogP contribution in [0, 0.1) is 0 Å². The van der Waals surface area contributed by atoms with E-state index in [0.717, 1.165) is 4.47 Å². The van der Waals surface area contributed by atoms with Gasteiger partial charge in [0.15, 0.2) is 0 Å². The lowest BCUT2D eigenvalue weighted by Gasteiger charge is -2.14. The summed E-state index contributed by atoms with van der Waals surface area (Å²) in [5, 5.41) is 5.53. The van der Waals surface area contributed by atoms with Crippen molar-refractivity contribution in [2.24, 2.45) is 5.73 Å². The number of hydrogen-bond acceptors (Lipinski definition) is 3. The highest BCUT2D eigenvalue weighted by molar-refractivity contribution is 9.10. The van der Waals surface area contributed by atoms with Crippen molar-refractivity contribution in [2.45, 2.75) is 19.9 Å². The Bertz CT molecular complexity index is 746. The van der Waals surface area contributed by atoms with Gasteiger partial charge < -0.3 is 20.9 Å². The minimum absolute atomic E-state index is 0. The van der Waals surface area contributed by atoms with Crippen molar-refractivity contribution in [3.8, 4) is 0 Å². The highest BCUT2D eigenvalue weighted by atomic mass is 79.9. The van der Waals surface area contributed by atoms with Gasteiger partial charge in [-0.25, -0.2) is 0 Å². The van der Waals surface area contributed by atoms with Gasteiger partial charge in [-0.2, -0.15) is 0 Å². The standard InChI is InChI=1S/C17H21BrN4O2.ClH/c1-11(2)22-10-12(18)9-15(22)17(24)21-14-6-4-3-5-13(14)16(23)20-8-7-19;/h3-6,9-11H,7-8,19H2,1-2H3,(H,20,23)(H,21,24);1H. The Balaban J connectivity index is 0.00000312. The number of carbonyl (C=O) groups excluding carboxylic acids is 2. The zero-order valence-electron chi connectivity index (χ0n) is 14.1. The number of nitrogens with two attached hydrogens (primary N) is 1. The van der Waals surface area contributed by atoms with Crippen LogP contribution in [0.5, 0.6) is 0 Å². The van der Waals surface area contributed by atoms with Crippen LogP contribution in [0.2, 0.25) is 0 Å². The molecule has 0 aliphatic carbocycles. The number of aromatic nitrogens is 1. The second kappa shape index (κ2) is 9.60. The van der Waals surface area contributed by atoms with Gasteiger partial charge in [0.2, 0.25) is 0 Å². The summed E-state index contributed by atoms with van der Waals surface area (Å²) in [6.45, 7) is 4.73. The molecule has 6 nitrogen and oxygen atoms in total. The second-order valence-electron chi connectivity index (χ2n) is 5.59. The third-order valence-electron chi connectivity index (χ3n) is 3.45. The fraction of sp³-hybridized carbons (Fsp3) is 0.294. The Morgan fingerprint density at radius 2 is 1.92 bits per heavy atom. The highest BCUT2D eigenvalue weighted by Gasteiger charge is 2.18. The normalized spacial score (nSPS) is 10.3. The van der Waals surface area contributed by atoms with Crippen LogP contribution in [-0.4, -0.2) is 29.5 Å². The molecule has 0 atom stereocenters. The molecular formula is C17H22BrClN4O2. The molecule has 0 bridgehead atoms. The fourth-order valence-corrected chi connectivity index (χ4v) is 2.75. The molecule has 136 valence electrons. The molecule has 4 N–H and O–H groups in total. The molecule has 0 saturated heterocycles. The van der Waals surface area contributed by atoms with Gasteiger partial charge in [-0.05, 0) is 48.0 Å². The number of amides is 2. The first-order valence-corrected chi connectivity index (χ1v) is 8.49. The lowest BCUT2D eigenvalue weighted by atomic mass is 10.1. The van der Waals surface area contributed by atoms with Gasteiger partial charge in [0.05, 0.1) is 11.3 Å². The summed E-state index contributed by atoms with van der Waals surface area (Å²) in [4.78, 5) is 24.8. The fourth-order valence-electron chi connectivity index (χ4n) is 2.31. The number of para-hydroxylation sites is 1. The number of halogens is 2. The third-order valence-corrected chi connectivity index (χ3v) is 3.89. The molecule has 1 aromatic carbocycles. The van der Waals surface area contributed by atoms with Gasteiger partial charge in [-0.15, -0.1) is 12.4 Å². The quantitative estimate of drug-likeness (QED) is 0.659. The molecule has 0 spiro atoms. The first kappa shape index (κ1) is 21.2. The number of nitrogens with zero attached hydrogens (tertiary/aromatic N) is 1. The van der Waals surface area contributed by atoms with E-state index in [1.807, 2.05) is 24.6 Å². The van der Waals surface area contributed by atoms with Crippen molar-refractivity contribution < 1.29 is 9.59 Å². The van der Waals surface area contributed by atoms with Crippen molar-refractivity contribution >= 4 is 45.8 Å². The largest absolute Gasteiger partial charge is 0.351 e. The summed E-state index contributed by atoms with van der Waals surface area (Å²) in [6, 6.07) is 8.78. The lowest BCUT2D eigenvalue weighted by molar-refractivity contribution is 0.0955. The van der Waals surface area contributed by atoms with Crippen LogP contribution in [-0.2, 0) is 0 Å². The van der Waals surface area contributed by atoms with E-state index in [1.54, 1.807) is 30.3 Å². The van der Waals surface area contributed by atoms with Crippen LogP contribution < -0.4 is 16.4 Å². The monoisotopic (exact) mass is 428 g/mol. The lowest BCUT2D eigenvalue weighted by Crippen LogP contribution is -2.30. The molecular weight excluding hydrogens is 408 g/mol. The number of carbonyl (C=O) groups is 2. The Hall–Kier alpha value is -1.83. The van der Waals surface area contributed by atoms with Gasteiger partial charge in [0, 0.05) is 29.8 Å². The summed E-state index contributed by atoms with van der Waals surface area (Å²) in [5.74, 6) is -0.537. The first-order chi connectivity index (χ1) is 11.4. The Morgan fingerprint density at radius 1 is 1.24 bits per heavy atom. The minimum Gasteiger partial charge on any atom is -0.351 e. The molecule has 25 heavy (non-hydrogen) atoms. The maximum Gasteiger partial charge on any atom is 0.272 e. The van der Waals surface area contributed by atoms with E-state index in [4.69, 9.17) is 5.73 Å².